The molecule has 2 heterocycles. The number of carboxylic acids is 1. The van der Waals surface area contributed by atoms with Gasteiger partial charge < -0.3 is 10.4 Å². The van der Waals surface area contributed by atoms with E-state index in [2.05, 4.69) is 5.32 Å². The van der Waals surface area contributed by atoms with Gasteiger partial charge in [0.25, 0.3) is 0 Å². The molecule has 0 fully saturated rings. The maximum absolute atomic E-state index is 11.9. The Morgan fingerprint density at radius 2 is 2.19 bits per heavy atom. The number of anilines is 1. The predicted octanol–water partition coefficient (Wildman–Crippen LogP) is 3.64. The van der Waals surface area contributed by atoms with E-state index >= 15 is 0 Å². The van der Waals surface area contributed by atoms with Gasteiger partial charge in [0.2, 0.25) is 5.91 Å². The van der Waals surface area contributed by atoms with E-state index in [1.54, 1.807) is 17.8 Å². The Balaban J connectivity index is 2.03. The largest absolute Gasteiger partial charge is 0.477 e. The summed E-state index contributed by atoms with van der Waals surface area (Å²) in [7, 11) is 0. The molecule has 0 spiro atoms. The summed E-state index contributed by atoms with van der Waals surface area (Å²) in [6.07, 6.45) is 2.34. The van der Waals surface area contributed by atoms with Crippen molar-refractivity contribution in [3.05, 3.63) is 45.6 Å². The summed E-state index contributed by atoms with van der Waals surface area (Å²) in [4.78, 5) is 25.2. The number of hydrogen-bond donors (Lipinski definition) is 2. The molecule has 3 rings (SSSR count). The average Bonchev–Trinajstić information content (AvgIpc) is 2.95. The van der Waals surface area contributed by atoms with Crippen molar-refractivity contribution in [3.63, 3.8) is 0 Å². The number of aromatic carboxylic acids is 1. The lowest BCUT2D eigenvalue weighted by Gasteiger charge is -2.25. The van der Waals surface area contributed by atoms with E-state index in [4.69, 9.17) is 5.11 Å². The van der Waals surface area contributed by atoms with Gasteiger partial charge in [-0.1, -0.05) is 6.07 Å². The van der Waals surface area contributed by atoms with Crippen LogP contribution in [0.2, 0.25) is 0 Å². The first kappa shape index (κ1) is 14.2. The van der Waals surface area contributed by atoms with Crippen LogP contribution in [0.5, 0.6) is 0 Å². The lowest BCUT2D eigenvalue weighted by Crippen LogP contribution is -2.23. The third-order valence-electron chi connectivity index (χ3n) is 3.48. The van der Waals surface area contributed by atoms with Crippen LogP contribution in [-0.4, -0.2) is 23.2 Å². The monoisotopic (exact) mass is 319 g/mol. The first-order valence-corrected chi connectivity index (χ1v) is 8.43. The van der Waals surface area contributed by atoms with E-state index in [0.29, 0.717) is 11.3 Å². The fourth-order valence-corrected chi connectivity index (χ4v) is 3.89. The molecule has 1 amide bonds. The number of rotatable bonds is 3. The minimum Gasteiger partial charge on any atom is -0.477 e. The lowest BCUT2D eigenvalue weighted by molar-refractivity contribution is -0.116. The standard InChI is InChI=1S/C15H13NO3S2/c1-20-8-2-3-9-10(7-14(17)16-11(9)6-8)12-4-5-13(21-12)15(18)19/h2-6,10H,7H2,1H3,(H,16,17)(H,18,19)/t10-/m0/s1. The van der Waals surface area contributed by atoms with Gasteiger partial charge in [0.05, 0.1) is 0 Å². The predicted molar refractivity (Wildman–Crippen MR) is 84.6 cm³/mol. The zero-order chi connectivity index (χ0) is 15.0. The second kappa shape index (κ2) is 5.54. The van der Waals surface area contributed by atoms with E-state index in [9.17, 15) is 9.59 Å². The van der Waals surface area contributed by atoms with Crippen LogP contribution in [0.1, 0.15) is 32.5 Å². The zero-order valence-electron chi connectivity index (χ0n) is 11.3. The van der Waals surface area contributed by atoms with Crippen LogP contribution in [0.3, 0.4) is 0 Å². The van der Waals surface area contributed by atoms with Crippen molar-refractivity contribution in [2.45, 2.75) is 17.2 Å². The molecule has 0 aliphatic carbocycles. The van der Waals surface area contributed by atoms with Crippen LogP contribution in [0.25, 0.3) is 0 Å². The zero-order valence-corrected chi connectivity index (χ0v) is 12.9. The number of carbonyl (C=O) groups is 2. The summed E-state index contributed by atoms with van der Waals surface area (Å²) in [5, 5.41) is 11.9. The Labute approximate surface area is 130 Å². The Morgan fingerprint density at radius 3 is 2.86 bits per heavy atom. The maximum Gasteiger partial charge on any atom is 0.345 e. The highest BCUT2D eigenvalue weighted by Gasteiger charge is 2.28. The van der Waals surface area contributed by atoms with Crippen LogP contribution in [0.15, 0.2) is 35.2 Å². The summed E-state index contributed by atoms with van der Waals surface area (Å²) in [6.45, 7) is 0. The molecule has 4 nitrogen and oxygen atoms in total. The van der Waals surface area contributed by atoms with Gasteiger partial charge in [-0.25, -0.2) is 4.79 Å². The smallest absolute Gasteiger partial charge is 0.345 e. The average molecular weight is 319 g/mol. The Hall–Kier alpha value is -1.79. The summed E-state index contributed by atoms with van der Waals surface area (Å²) in [5.41, 5.74) is 1.87. The minimum absolute atomic E-state index is 0.0315. The van der Waals surface area contributed by atoms with Gasteiger partial charge in [-0.05, 0) is 36.1 Å². The van der Waals surface area contributed by atoms with Gasteiger partial charge in [-0.3, -0.25) is 4.79 Å². The van der Waals surface area contributed by atoms with E-state index in [1.165, 1.54) is 11.3 Å². The molecule has 2 aromatic rings. The highest BCUT2D eigenvalue weighted by Crippen LogP contribution is 2.41. The van der Waals surface area contributed by atoms with Gasteiger partial charge in [0, 0.05) is 27.8 Å². The number of carbonyl (C=O) groups excluding carboxylic acids is 1. The van der Waals surface area contributed by atoms with E-state index in [0.717, 1.165) is 21.0 Å². The number of amides is 1. The number of thiophene rings is 1. The summed E-state index contributed by atoms with van der Waals surface area (Å²) in [5.74, 6) is -1.02. The molecule has 1 aromatic heterocycles. The first-order valence-electron chi connectivity index (χ1n) is 6.39. The second-order valence-electron chi connectivity index (χ2n) is 4.77. The van der Waals surface area contributed by atoms with Crippen LogP contribution in [0, 0.1) is 0 Å². The summed E-state index contributed by atoms with van der Waals surface area (Å²) in [6, 6.07) is 9.43. The fourth-order valence-electron chi connectivity index (χ4n) is 2.48. The van der Waals surface area contributed by atoms with Gasteiger partial charge in [0.1, 0.15) is 4.88 Å². The third-order valence-corrected chi connectivity index (χ3v) is 5.39. The molecule has 0 saturated carbocycles. The van der Waals surface area contributed by atoms with Crippen molar-refractivity contribution in [3.8, 4) is 0 Å². The molecular weight excluding hydrogens is 306 g/mol. The minimum atomic E-state index is -0.926. The summed E-state index contributed by atoms with van der Waals surface area (Å²) >= 11 is 2.86. The summed E-state index contributed by atoms with van der Waals surface area (Å²) < 4.78 is 0. The molecule has 1 aliphatic heterocycles. The van der Waals surface area contributed by atoms with Crippen molar-refractivity contribution in [1.82, 2.24) is 0 Å². The van der Waals surface area contributed by atoms with Crippen LogP contribution in [-0.2, 0) is 4.79 Å². The van der Waals surface area contributed by atoms with Gasteiger partial charge in [0.15, 0.2) is 0 Å². The van der Waals surface area contributed by atoms with Crippen molar-refractivity contribution >= 4 is 40.7 Å². The van der Waals surface area contributed by atoms with Crippen molar-refractivity contribution in [1.29, 1.82) is 0 Å². The molecule has 0 saturated heterocycles. The van der Waals surface area contributed by atoms with Gasteiger partial charge in [-0.15, -0.1) is 23.1 Å². The highest BCUT2D eigenvalue weighted by atomic mass is 32.2. The number of nitrogens with one attached hydrogen (secondary N) is 1. The third kappa shape index (κ3) is 2.69. The van der Waals surface area contributed by atoms with Crippen LogP contribution < -0.4 is 5.32 Å². The molecule has 0 unspecified atom stereocenters. The van der Waals surface area contributed by atoms with Crippen molar-refractivity contribution < 1.29 is 14.7 Å². The topological polar surface area (TPSA) is 66.4 Å². The van der Waals surface area contributed by atoms with Crippen LogP contribution in [0.4, 0.5) is 5.69 Å². The molecule has 1 aromatic carbocycles. The van der Waals surface area contributed by atoms with Crippen molar-refractivity contribution in [2.75, 3.05) is 11.6 Å². The molecular formula is C15H13NO3S2. The number of thioether (sulfide) groups is 1. The quantitative estimate of drug-likeness (QED) is 0.848. The Bertz CT molecular complexity index is 723. The van der Waals surface area contributed by atoms with E-state index < -0.39 is 5.97 Å². The number of carboxylic acid groups (broad SMARTS) is 1. The number of hydrogen-bond acceptors (Lipinski definition) is 4. The molecule has 21 heavy (non-hydrogen) atoms. The second-order valence-corrected chi connectivity index (χ2v) is 6.76. The molecule has 6 heteroatoms. The number of benzene rings is 1. The van der Waals surface area contributed by atoms with E-state index in [-0.39, 0.29) is 11.8 Å². The van der Waals surface area contributed by atoms with E-state index in [1.807, 2.05) is 30.5 Å². The first-order chi connectivity index (χ1) is 10.1. The molecule has 2 N–H and O–H groups in total. The van der Waals surface area contributed by atoms with Crippen LogP contribution >= 0.6 is 23.1 Å². The molecule has 1 aliphatic rings. The highest BCUT2D eigenvalue weighted by molar-refractivity contribution is 7.98. The Morgan fingerprint density at radius 1 is 1.38 bits per heavy atom. The van der Waals surface area contributed by atoms with Crippen molar-refractivity contribution in [2.24, 2.45) is 0 Å². The Kier molecular flexibility index (Phi) is 3.73. The molecule has 0 radical (unpaired) electrons. The molecule has 108 valence electrons. The normalized spacial score (nSPS) is 17.2. The maximum atomic E-state index is 11.9. The lowest BCUT2D eigenvalue weighted by atomic mass is 9.89. The molecule has 1 atom stereocenters. The molecule has 0 bridgehead atoms. The van der Waals surface area contributed by atoms with Gasteiger partial charge in [-0.2, -0.15) is 0 Å². The van der Waals surface area contributed by atoms with Gasteiger partial charge >= 0.3 is 5.97 Å². The number of fused-ring (bicyclic) bond motifs is 1. The SMILES string of the molecule is CSc1ccc2c(c1)NC(=O)C[C@@H]2c1ccc(C(=O)O)s1. The fraction of sp³-hybridized carbons (Fsp3) is 0.200.